The van der Waals surface area contributed by atoms with Crippen molar-refractivity contribution in [2.24, 2.45) is 0 Å². The summed E-state index contributed by atoms with van der Waals surface area (Å²) in [6.07, 6.45) is 4.02. The lowest BCUT2D eigenvalue weighted by molar-refractivity contribution is -0.448. The van der Waals surface area contributed by atoms with Crippen LogP contribution in [0.25, 0.3) is 60.0 Å². The van der Waals surface area contributed by atoms with E-state index in [0.717, 1.165) is 0 Å². The molecule has 0 aliphatic carbocycles. The summed E-state index contributed by atoms with van der Waals surface area (Å²) in [5, 5.41) is 7.40. The summed E-state index contributed by atoms with van der Waals surface area (Å²) < 4.78 is 2.43. The van der Waals surface area contributed by atoms with Gasteiger partial charge in [0, 0.05) is 35.3 Å². The van der Waals surface area contributed by atoms with E-state index in [2.05, 4.69) is 100 Å². The molecule has 0 aliphatic heterocycles. The van der Waals surface area contributed by atoms with Crippen molar-refractivity contribution in [2.75, 3.05) is 0 Å². The Morgan fingerprint density at radius 3 is 1.53 bits per heavy atom. The molecule has 0 radical (unpaired) electrons. The number of nitrogens with zero attached hydrogens (tertiary/aromatic N) is 2. The van der Waals surface area contributed by atoms with Crippen molar-refractivity contribution in [3.05, 3.63) is 103 Å². The molecule has 0 unspecified atom stereocenters. The molecule has 0 amide bonds. The number of hydrogen-bond acceptors (Lipinski definition) is 1. The quantitative estimate of drug-likeness (QED) is 0.179. The first kappa shape index (κ1) is 15.8. The molecule has 0 saturated carbocycles. The van der Waals surface area contributed by atoms with Gasteiger partial charge in [-0.15, -0.1) is 0 Å². The van der Waals surface area contributed by atoms with Crippen LogP contribution >= 0.6 is 0 Å². The maximum Gasteiger partial charge on any atom is 0.230 e. The van der Waals surface area contributed by atoms with Gasteiger partial charge < -0.3 is 0 Å². The van der Waals surface area contributed by atoms with Gasteiger partial charge in [-0.1, -0.05) is 66.7 Å². The van der Waals surface area contributed by atoms with Gasteiger partial charge in [0.2, 0.25) is 16.6 Å². The molecule has 7 rings (SSSR count). The van der Waals surface area contributed by atoms with Gasteiger partial charge >= 0.3 is 0 Å². The molecule has 0 spiro atoms. The van der Waals surface area contributed by atoms with Crippen molar-refractivity contribution in [3.8, 4) is 11.1 Å². The molecule has 0 N–H and O–H groups in total. The zero-order valence-electron chi connectivity index (χ0n) is 16.2. The van der Waals surface area contributed by atoms with Crippen molar-refractivity contribution in [3.63, 3.8) is 0 Å². The number of aromatic nitrogens is 2. The number of pyridine rings is 4. The Labute approximate surface area is 173 Å². The molecule has 0 aliphatic rings. The molecule has 0 atom stereocenters. The van der Waals surface area contributed by atoms with E-state index in [-0.39, 0.29) is 0 Å². The van der Waals surface area contributed by atoms with E-state index in [4.69, 9.17) is 0 Å². The normalized spacial score (nSPS) is 12.0. The van der Waals surface area contributed by atoms with E-state index in [1.165, 1.54) is 60.0 Å². The van der Waals surface area contributed by atoms with Gasteiger partial charge in [-0.25, -0.2) is 0 Å². The Morgan fingerprint density at radius 1 is 0.467 bits per heavy atom. The standard InChI is InChI=1S/C28H17N2/c1-2-8-18(9-3-1)19-14-26-22-12-6-4-10-20(22)24-16-29-17-25-21-11-5-7-13-23(21)27(15-19)30(26)28(24)25/h1-17H/q+1. The highest BCUT2D eigenvalue weighted by molar-refractivity contribution is 6.20. The first-order chi connectivity index (χ1) is 14.9. The Balaban J connectivity index is 1.86. The fraction of sp³-hybridized carbons (Fsp3) is 0. The third-order valence-electron chi connectivity index (χ3n) is 6.30. The van der Waals surface area contributed by atoms with Crippen molar-refractivity contribution in [1.29, 1.82) is 0 Å². The zero-order valence-corrected chi connectivity index (χ0v) is 16.2. The predicted molar refractivity (Wildman–Crippen MR) is 124 cm³/mol. The van der Waals surface area contributed by atoms with E-state index < -0.39 is 0 Å². The van der Waals surface area contributed by atoms with Gasteiger partial charge in [-0.3, -0.25) is 4.98 Å². The SMILES string of the molecule is c1ccc(-c2cc3c4ccccc4c4cncc5c6ccccc6c(c2)[n+]3c45)cc1. The lowest BCUT2D eigenvalue weighted by Gasteiger charge is -2.12. The molecule has 0 fully saturated rings. The minimum atomic E-state index is 1.20. The zero-order chi connectivity index (χ0) is 19.7. The van der Waals surface area contributed by atoms with Crippen LogP contribution in [-0.4, -0.2) is 4.98 Å². The molecule has 0 bridgehead atoms. The van der Waals surface area contributed by atoms with E-state index in [0.29, 0.717) is 0 Å². The molecule has 4 heterocycles. The van der Waals surface area contributed by atoms with E-state index in [1.54, 1.807) is 0 Å². The molecule has 7 aromatic rings. The summed E-state index contributed by atoms with van der Waals surface area (Å²) in [6, 6.07) is 32.7. The largest absolute Gasteiger partial charge is 0.263 e. The lowest BCUT2D eigenvalue weighted by Crippen LogP contribution is -2.26. The Morgan fingerprint density at radius 2 is 0.967 bits per heavy atom. The van der Waals surface area contributed by atoms with Crippen LogP contribution in [-0.2, 0) is 0 Å². The molecule has 138 valence electrons. The van der Waals surface area contributed by atoms with Gasteiger partial charge in [0.15, 0.2) is 0 Å². The molecular formula is C28H17N2+. The van der Waals surface area contributed by atoms with E-state index >= 15 is 0 Å². The van der Waals surface area contributed by atoms with Gasteiger partial charge in [0.25, 0.3) is 0 Å². The highest BCUT2D eigenvalue weighted by Crippen LogP contribution is 2.36. The molecule has 4 aromatic heterocycles. The smallest absolute Gasteiger partial charge is 0.230 e. The van der Waals surface area contributed by atoms with Crippen LogP contribution in [0.5, 0.6) is 0 Å². The summed E-state index contributed by atoms with van der Waals surface area (Å²) in [5.74, 6) is 0. The van der Waals surface area contributed by atoms with Crippen LogP contribution in [0.4, 0.5) is 0 Å². The minimum Gasteiger partial charge on any atom is -0.263 e. The Kier molecular flexibility index (Phi) is 3.03. The second kappa shape index (κ2) is 5.74. The van der Waals surface area contributed by atoms with Crippen molar-refractivity contribution < 1.29 is 4.40 Å². The monoisotopic (exact) mass is 381 g/mol. The fourth-order valence-corrected chi connectivity index (χ4v) is 5.00. The van der Waals surface area contributed by atoms with Crippen LogP contribution in [0.2, 0.25) is 0 Å². The molecule has 2 nitrogen and oxygen atoms in total. The second-order valence-corrected chi connectivity index (χ2v) is 7.89. The fourth-order valence-electron chi connectivity index (χ4n) is 5.00. The first-order valence-electron chi connectivity index (χ1n) is 10.2. The highest BCUT2D eigenvalue weighted by Gasteiger charge is 2.25. The van der Waals surface area contributed by atoms with Crippen LogP contribution in [0.3, 0.4) is 0 Å². The lowest BCUT2D eigenvalue weighted by atomic mass is 9.96. The first-order valence-corrected chi connectivity index (χ1v) is 10.2. The predicted octanol–water partition coefficient (Wildman–Crippen LogP) is 6.54. The number of rotatable bonds is 1. The summed E-state index contributed by atoms with van der Waals surface area (Å²) >= 11 is 0. The third-order valence-corrected chi connectivity index (χ3v) is 6.30. The second-order valence-electron chi connectivity index (χ2n) is 7.89. The summed E-state index contributed by atoms with van der Waals surface area (Å²) in [5.41, 5.74) is 6.18. The molecule has 2 heteroatoms. The van der Waals surface area contributed by atoms with Crippen LogP contribution in [0.15, 0.2) is 103 Å². The van der Waals surface area contributed by atoms with Crippen molar-refractivity contribution in [2.45, 2.75) is 0 Å². The van der Waals surface area contributed by atoms with Gasteiger partial charge in [0.05, 0.1) is 21.5 Å². The van der Waals surface area contributed by atoms with E-state index in [1.807, 2.05) is 12.4 Å². The maximum atomic E-state index is 4.62. The third kappa shape index (κ3) is 1.98. The van der Waals surface area contributed by atoms with Crippen LogP contribution in [0, 0.1) is 0 Å². The molecule has 30 heavy (non-hydrogen) atoms. The van der Waals surface area contributed by atoms with Crippen molar-refractivity contribution >= 4 is 48.9 Å². The highest BCUT2D eigenvalue weighted by atomic mass is 14.9. The average Bonchev–Trinajstić information content (AvgIpc) is 2.84. The summed E-state index contributed by atoms with van der Waals surface area (Å²) in [6.45, 7) is 0. The molecular weight excluding hydrogens is 364 g/mol. The number of fused-ring (bicyclic) bond motifs is 6. The van der Waals surface area contributed by atoms with Gasteiger partial charge in [-0.2, -0.15) is 4.40 Å². The molecule has 0 saturated heterocycles. The summed E-state index contributed by atoms with van der Waals surface area (Å²) in [7, 11) is 0. The number of hydrogen-bond donors (Lipinski definition) is 0. The molecule has 3 aromatic carbocycles. The average molecular weight is 381 g/mol. The van der Waals surface area contributed by atoms with E-state index in [9.17, 15) is 0 Å². The Hall–Kier alpha value is -4.04. The Bertz CT molecular complexity index is 1630. The van der Waals surface area contributed by atoms with Crippen molar-refractivity contribution in [1.82, 2.24) is 4.98 Å². The minimum absolute atomic E-state index is 1.20. The van der Waals surface area contributed by atoms with Gasteiger partial charge in [0.1, 0.15) is 0 Å². The maximum absolute atomic E-state index is 4.62. The van der Waals surface area contributed by atoms with Crippen LogP contribution < -0.4 is 4.40 Å². The topological polar surface area (TPSA) is 17.0 Å². The summed E-state index contributed by atoms with van der Waals surface area (Å²) in [4.78, 5) is 4.62. The number of benzene rings is 3. The van der Waals surface area contributed by atoms with Crippen LogP contribution in [0.1, 0.15) is 0 Å². The van der Waals surface area contributed by atoms with Gasteiger partial charge in [-0.05, 0) is 23.3 Å².